The first-order valence-corrected chi connectivity index (χ1v) is 7.96. The molecule has 0 spiro atoms. The molecule has 20 heavy (non-hydrogen) atoms. The van der Waals surface area contributed by atoms with Crippen molar-refractivity contribution in [3.63, 3.8) is 0 Å². The Morgan fingerprint density at radius 1 is 1.50 bits per heavy atom. The standard InChI is InChI=1S/C14H17BrN2O2S/c1-3-19-7-6-17(2)14(18)13-12(16)10-8-9(15)4-5-11(10)20-13/h4-5,8H,3,6-7,16H2,1-2H3. The number of rotatable bonds is 5. The van der Waals surface area contributed by atoms with Gasteiger partial charge in [0.25, 0.3) is 5.91 Å². The summed E-state index contributed by atoms with van der Waals surface area (Å²) in [5, 5.41) is 0.922. The van der Waals surface area contributed by atoms with Gasteiger partial charge in [-0.05, 0) is 25.1 Å². The van der Waals surface area contributed by atoms with Crippen LogP contribution in [-0.2, 0) is 4.74 Å². The normalized spacial score (nSPS) is 10.9. The predicted molar refractivity (Wildman–Crippen MR) is 87.4 cm³/mol. The topological polar surface area (TPSA) is 55.6 Å². The second-order valence-electron chi connectivity index (χ2n) is 4.41. The Morgan fingerprint density at radius 3 is 2.95 bits per heavy atom. The van der Waals surface area contributed by atoms with Gasteiger partial charge in [0, 0.05) is 34.8 Å². The molecule has 0 saturated carbocycles. The number of likely N-dealkylation sites (N-methyl/N-ethyl adjacent to an activating group) is 1. The summed E-state index contributed by atoms with van der Waals surface area (Å²) in [6, 6.07) is 5.86. The average Bonchev–Trinajstić information content (AvgIpc) is 2.75. The second kappa shape index (κ2) is 6.56. The third-order valence-electron chi connectivity index (χ3n) is 3.00. The van der Waals surface area contributed by atoms with Gasteiger partial charge in [0.1, 0.15) is 4.88 Å². The summed E-state index contributed by atoms with van der Waals surface area (Å²) in [6.45, 7) is 3.68. The third kappa shape index (κ3) is 3.13. The number of ether oxygens (including phenoxy) is 1. The van der Waals surface area contributed by atoms with Crippen molar-refractivity contribution >= 4 is 48.9 Å². The van der Waals surface area contributed by atoms with Gasteiger partial charge in [-0.25, -0.2) is 0 Å². The summed E-state index contributed by atoms with van der Waals surface area (Å²) in [5.41, 5.74) is 6.67. The minimum Gasteiger partial charge on any atom is -0.397 e. The lowest BCUT2D eigenvalue weighted by Crippen LogP contribution is -2.30. The summed E-state index contributed by atoms with van der Waals surface area (Å²) in [5.74, 6) is -0.0560. The lowest BCUT2D eigenvalue weighted by molar-refractivity contribution is 0.0715. The van der Waals surface area contributed by atoms with E-state index in [2.05, 4.69) is 15.9 Å². The molecule has 0 fully saturated rings. The molecule has 0 unspecified atom stereocenters. The van der Waals surface area contributed by atoms with Gasteiger partial charge in [-0.15, -0.1) is 11.3 Å². The molecule has 2 N–H and O–H groups in total. The van der Waals surface area contributed by atoms with E-state index in [4.69, 9.17) is 10.5 Å². The molecule has 0 saturated heterocycles. The van der Waals surface area contributed by atoms with Crippen LogP contribution in [0.2, 0.25) is 0 Å². The van der Waals surface area contributed by atoms with Crippen LogP contribution in [0.25, 0.3) is 10.1 Å². The maximum absolute atomic E-state index is 12.4. The molecule has 0 radical (unpaired) electrons. The number of fused-ring (bicyclic) bond motifs is 1. The molecule has 1 aromatic heterocycles. The summed E-state index contributed by atoms with van der Waals surface area (Å²) in [7, 11) is 1.76. The Balaban J connectivity index is 2.24. The summed E-state index contributed by atoms with van der Waals surface area (Å²) >= 11 is 4.85. The number of hydrogen-bond acceptors (Lipinski definition) is 4. The summed E-state index contributed by atoms with van der Waals surface area (Å²) < 4.78 is 7.24. The van der Waals surface area contributed by atoms with Gasteiger partial charge in [0.05, 0.1) is 12.3 Å². The quantitative estimate of drug-likeness (QED) is 0.835. The highest BCUT2D eigenvalue weighted by Crippen LogP contribution is 2.35. The number of nitrogens with zero attached hydrogens (tertiary/aromatic N) is 1. The molecule has 1 aromatic carbocycles. The van der Waals surface area contributed by atoms with Crippen LogP contribution in [-0.4, -0.2) is 37.6 Å². The fourth-order valence-corrected chi connectivity index (χ4v) is 3.33. The highest BCUT2D eigenvalue weighted by molar-refractivity contribution is 9.10. The lowest BCUT2D eigenvalue weighted by Gasteiger charge is -2.16. The van der Waals surface area contributed by atoms with E-state index in [1.54, 1.807) is 11.9 Å². The van der Waals surface area contributed by atoms with E-state index in [0.29, 0.717) is 30.3 Å². The predicted octanol–water partition coefficient (Wildman–Crippen LogP) is 3.35. The first kappa shape index (κ1) is 15.3. The first-order chi connectivity index (χ1) is 9.54. The summed E-state index contributed by atoms with van der Waals surface area (Å²) in [6.07, 6.45) is 0. The van der Waals surface area contributed by atoms with Gasteiger partial charge in [-0.1, -0.05) is 15.9 Å². The molecule has 0 aliphatic carbocycles. The van der Waals surface area contributed by atoms with Crippen LogP contribution in [0.5, 0.6) is 0 Å². The van der Waals surface area contributed by atoms with E-state index in [-0.39, 0.29) is 5.91 Å². The molecule has 0 aliphatic heterocycles. The second-order valence-corrected chi connectivity index (χ2v) is 6.38. The number of anilines is 1. The number of nitrogens with two attached hydrogens (primary N) is 1. The van der Waals surface area contributed by atoms with Crippen molar-refractivity contribution in [3.05, 3.63) is 27.5 Å². The Bertz CT molecular complexity index is 627. The molecule has 2 aromatic rings. The van der Waals surface area contributed by atoms with E-state index in [1.807, 2.05) is 25.1 Å². The van der Waals surface area contributed by atoms with Crippen molar-refractivity contribution < 1.29 is 9.53 Å². The molecular formula is C14H17BrN2O2S. The van der Waals surface area contributed by atoms with E-state index < -0.39 is 0 Å². The summed E-state index contributed by atoms with van der Waals surface area (Å²) in [4.78, 5) is 14.6. The number of hydrogen-bond donors (Lipinski definition) is 1. The maximum atomic E-state index is 12.4. The minimum absolute atomic E-state index is 0.0560. The van der Waals surface area contributed by atoms with Crippen molar-refractivity contribution in [3.8, 4) is 0 Å². The molecule has 6 heteroatoms. The number of amides is 1. The zero-order valence-electron chi connectivity index (χ0n) is 11.5. The highest BCUT2D eigenvalue weighted by Gasteiger charge is 2.19. The smallest absolute Gasteiger partial charge is 0.265 e. The van der Waals surface area contributed by atoms with E-state index in [9.17, 15) is 4.79 Å². The Labute approximate surface area is 130 Å². The van der Waals surface area contributed by atoms with Crippen molar-refractivity contribution in [1.82, 2.24) is 4.90 Å². The van der Waals surface area contributed by atoms with Gasteiger partial charge in [-0.2, -0.15) is 0 Å². The zero-order chi connectivity index (χ0) is 14.7. The monoisotopic (exact) mass is 356 g/mol. The van der Waals surface area contributed by atoms with E-state index in [1.165, 1.54) is 11.3 Å². The van der Waals surface area contributed by atoms with E-state index in [0.717, 1.165) is 14.6 Å². The molecule has 0 bridgehead atoms. The van der Waals surface area contributed by atoms with Gasteiger partial charge in [-0.3, -0.25) is 4.79 Å². The van der Waals surface area contributed by atoms with Gasteiger partial charge in [0.2, 0.25) is 0 Å². The third-order valence-corrected chi connectivity index (χ3v) is 4.67. The lowest BCUT2D eigenvalue weighted by atomic mass is 10.2. The molecule has 1 heterocycles. The number of thiophene rings is 1. The average molecular weight is 357 g/mol. The maximum Gasteiger partial charge on any atom is 0.265 e. The van der Waals surface area contributed by atoms with Crippen LogP contribution in [0.15, 0.2) is 22.7 Å². The fourth-order valence-electron chi connectivity index (χ4n) is 1.87. The van der Waals surface area contributed by atoms with Crippen LogP contribution >= 0.6 is 27.3 Å². The minimum atomic E-state index is -0.0560. The van der Waals surface area contributed by atoms with Crippen molar-refractivity contribution in [1.29, 1.82) is 0 Å². The molecule has 1 amide bonds. The number of halogens is 1. The van der Waals surface area contributed by atoms with Crippen LogP contribution in [0, 0.1) is 0 Å². The number of carbonyl (C=O) groups is 1. The van der Waals surface area contributed by atoms with Crippen LogP contribution in [0.4, 0.5) is 5.69 Å². The SMILES string of the molecule is CCOCCN(C)C(=O)c1sc2ccc(Br)cc2c1N. The molecule has 2 rings (SSSR count). The number of carbonyl (C=O) groups excluding carboxylic acids is 1. The molecule has 108 valence electrons. The Kier molecular flexibility index (Phi) is 5.01. The Hall–Kier alpha value is -1.11. The van der Waals surface area contributed by atoms with Gasteiger partial charge < -0.3 is 15.4 Å². The van der Waals surface area contributed by atoms with E-state index >= 15 is 0 Å². The molecular weight excluding hydrogens is 340 g/mol. The zero-order valence-corrected chi connectivity index (χ0v) is 13.9. The van der Waals surface area contributed by atoms with Crippen LogP contribution in [0.3, 0.4) is 0 Å². The van der Waals surface area contributed by atoms with Crippen LogP contribution in [0.1, 0.15) is 16.6 Å². The first-order valence-electron chi connectivity index (χ1n) is 6.35. The molecule has 0 aliphatic rings. The number of benzene rings is 1. The molecule has 0 atom stereocenters. The van der Waals surface area contributed by atoms with Crippen molar-refractivity contribution in [2.24, 2.45) is 0 Å². The molecule has 4 nitrogen and oxygen atoms in total. The Morgan fingerprint density at radius 2 is 2.25 bits per heavy atom. The van der Waals surface area contributed by atoms with Gasteiger partial charge in [0.15, 0.2) is 0 Å². The highest BCUT2D eigenvalue weighted by atomic mass is 79.9. The van der Waals surface area contributed by atoms with Crippen LogP contribution < -0.4 is 5.73 Å². The van der Waals surface area contributed by atoms with Crippen molar-refractivity contribution in [2.75, 3.05) is 32.5 Å². The van der Waals surface area contributed by atoms with Gasteiger partial charge >= 0.3 is 0 Å². The number of nitrogen functional groups attached to an aromatic ring is 1. The largest absolute Gasteiger partial charge is 0.397 e. The van der Waals surface area contributed by atoms with Crippen molar-refractivity contribution in [2.45, 2.75) is 6.92 Å². The fraction of sp³-hybridized carbons (Fsp3) is 0.357.